The molecule has 0 saturated carbocycles. The quantitative estimate of drug-likeness (QED) is 0.907. The molecule has 0 amide bonds. The molecule has 1 saturated heterocycles. The third kappa shape index (κ3) is 4.01. The first-order chi connectivity index (χ1) is 9.94. The standard InChI is InChI=1S/C15H21F2NO2S/c1-2-18-14(15-5-3-4-8-21(15,19)20)10-11-6-7-12(16)13(17)9-11/h6-7,9,14-15,18H,2-5,8,10H2,1H3. The first-order valence-electron chi connectivity index (χ1n) is 7.33. The second kappa shape index (κ2) is 6.83. The molecular formula is C15H21F2NO2S. The van der Waals surface area contributed by atoms with E-state index < -0.39 is 26.7 Å². The highest BCUT2D eigenvalue weighted by Gasteiger charge is 2.35. The van der Waals surface area contributed by atoms with Crippen LogP contribution in [0.3, 0.4) is 0 Å². The van der Waals surface area contributed by atoms with Crippen molar-refractivity contribution in [2.45, 2.75) is 43.9 Å². The van der Waals surface area contributed by atoms with Crippen LogP contribution in [0.25, 0.3) is 0 Å². The fourth-order valence-electron chi connectivity index (χ4n) is 2.95. The average Bonchev–Trinajstić information content (AvgIpc) is 2.42. The van der Waals surface area contributed by atoms with Crippen molar-refractivity contribution in [1.29, 1.82) is 0 Å². The van der Waals surface area contributed by atoms with Crippen LogP contribution in [0.5, 0.6) is 0 Å². The molecule has 2 atom stereocenters. The van der Waals surface area contributed by atoms with Gasteiger partial charge >= 0.3 is 0 Å². The fourth-order valence-corrected chi connectivity index (χ4v) is 5.08. The van der Waals surface area contributed by atoms with Gasteiger partial charge < -0.3 is 5.32 Å². The van der Waals surface area contributed by atoms with Crippen LogP contribution in [0.2, 0.25) is 0 Å². The summed E-state index contributed by atoms with van der Waals surface area (Å²) in [5.74, 6) is -1.56. The summed E-state index contributed by atoms with van der Waals surface area (Å²) in [6.07, 6.45) is 2.62. The highest BCUT2D eigenvalue weighted by molar-refractivity contribution is 7.92. The van der Waals surface area contributed by atoms with Gasteiger partial charge in [0.2, 0.25) is 0 Å². The Morgan fingerprint density at radius 2 is 2.05 bits per heavy atom. The minimum atomic E-state index is -3.11. The number of rotatable bonds is 5. The largest absolute Gasteiger partial charge is 0.313 e. The fraction of sp³-hybridized carbons (Fsp3) is 0.600. The van der Waals surface area contributed by atoms with Crippen LogP contribution in [0, 0.1) is 11.6 Å². The van der Waals surface area contributed by atoms with Crippen molar-refractivity contribution >= 4 is 9.84 Å². The highest BCUT2D eigenvalue weighted by Crippen LogP contribution is 2.24. The maximum atomic E-state index is 13.3. The molecule has 6 heteroatoms. The Morgan fingerprint density at radius 3 is 2.67 bits per heavy atom. The number of likely N-dealkylation sites (N-methyl/N-ethyl adjacent to an activating group) is 1. The first kappa shape index (κ1) is 16.4. The molecule has 1 fully saturated rings. The molecule has 1 heterocycles. The van der Waals surface area contributed by atoms with Gasteiger partial charge in [0, 0.05) is 6.04 Å². The Labute approximate surface area is 124 Å². The van der Waals surface area contributed by atoms with E-state index in [-0.39, 0.29) is 11.8 Å². The normalized spacial score (nSPS) is 22.9. The molecule has 1 aromatic carbocycles. The summed E-state index contributed by atoms with van der Waals surface area (Å²) in [6.45, 7) is 2.55. The van der Waals surface area contributed by atoms with Gasteiger partial charge in [0.15, 0.2) is 21.5 Å². The molecule has 1 N–H and O–H groups in total. The van der Waals surface area contributed by atoms with Gasteiger partial charge in [-0.3, -0.25) is 0 Å². The summed E-state index contributed by atoms with van der Waals surface area (Å²) >= 11 is 0. The smallest absolute Gasteiger partial charge is 0.159 e. The van der Waals surface area contributed by atoms with E-state index in [1.54, 1.807) is 0 Å². The van der Waals surface area contributed by atoms with Crippen molar-refractivity contribution in [3.05, 3.63) is 35.4 Å². The van der Waals surface area contributed by atoms with E-state index in [1.807, 2.05) is 6.92 Å². The minimum absolute atomic E-state index is 0.220. The summed E-state index contributed by atoms with van der Waals surface area (Å²) in [7, 11) is -3.11. The summed E-state index contributed by atoms with van der Waals surface area (Å²) in [6, 6.07) is 3.49. The summed E-state index contributed by atoms with van der Waals surface area (Å²) in [4.78, 5) is 0. The van der Waals surface area contributed by atoms with Crippen LogP contribution in [-0.4, -0.2) is 32.0 Å². The molecule has 2 unspecified atom stereocenters. The molecule has 1 aromatic rings. The van der Waals surface area contributed by atoms with Crippen molar-refractivity contribution in [2.75, 3.05) is 12.3 Å². The van der Waals surface area contributed by atoms with E-state index in [1.165, 1.54) is 6.07 Å². The Kier molecular flexibility index (Phi) is 5.32. The van der Waals surface area contributed by atoms with E-state index in [9.17, 15) is 17.2 Å². The molecule has 0 bridgehead atoms. The number of hydrogen-bond donors (Lipinski definition) is 1. The Bertz CT molecular complexity index is 589. The maximum Gasteiger partial charge on any atom is 0.159 e. The predicted molar refractivity (Wildman–Crippen MR) is 79.0 cm³/mol. The maximum absolute atomic E-state index is 13.3. The molecule has 0 aliphatic carbocycles. The van der Waals surface area contributed by atoms with Gasteiger partial charge in [-0.25, -0.2) is 17.2 Å². The van der Waals surface area contributed by atoms with E-state index >= 15 is 0 Å². The Hall–Kier alpha value is -1.01. The summed E-state index contributed by atoms with van der Waals surface area (Å²) in [5, 5.41) is 2.75. The van der Waals surface area contributed by atoms with Crippen LogP contribution in [-0.2, 0) is 16.3 Å². The molecular weight excluding hydrogens is 296 g/mol. The molecule has 0 aromatic heterocycles. The number of hydrogen-bond acceptors (Lipinski definition) is 3. The van der Waals surface area contributed by atoms with E-state index in [0.717, 1.165) is 18.6 Å². The zero-order chi connectivity index (χ0) is 15.5. The molecule has 2 rings (SSSR count). The second-order valence-electron chi connectivity index (χ2n) is 5.52. The number of sulfone groups is 1. The third-order valence-electron chi connectivity index (χ3n) is 3.98. The number of benzene rings is 1. The Morgan fingerprint density at radius 1 is 1.29 bits per heavy atom. The third-order valence-corrected chi connectivity index (χ3v) is 6.33. The average molecular weight is 317 g/mol. The molecule has 0 radical (unpaired) electrons. The van der Waals surface area contributed by atoms with E-state index in [0.29, 0.717) is 31.4 Å². The summed E-state index contributed by atoms with van der Waals surface area (Å²) in [5.41, 5.74) is 0.612. The topological polar surface area (TPSA) is 46.2 Å². The molecule has 3 nitrogen and oxygen atoms in total. The minimum Gasteiger partial charge on any atom is -0.313 e. The monoisotopic (exact) mass is 317 g/mol. The van der Waals surface area contributed by atoms with Crippen molar-refractivity contribution in [1.82, 2.24) is 5.32 Å². The molecule has 118 valence electrons. The first-order valence-corrected chi connectivity index (χ1v) is 9.04. The zero-order valence-corrected chi connectivity index (χ0v) is 12.9. The van der Waals surface area contributed by atoms with Crippen molar-refractivity contribution in [3.63, 3.8) is 0 Å². The van der Waals surface area contributed by atoms with Gasteiger partial charge in [0.05, 0.1) is 11.0 Å². The van der Waals surface area contributed by atoms with Gasteiger partial charge in [-0.1, -0.05) is 19.4 Å². The highest BCUT2D eigenvalue weighted by atomic mass is 32.2. The lowest BCUT2D eigenvalue weighted by molar-refractivity contribution is 0.439. The predicted octanol–water partition coefficient (Wildman–Crippen LogP) is 2.45. The van der Waals surface area contributed by atoms with Crippen LogP contribution in [0.4, 0.5) is 8.78 Å². The lowest BCUT2D eigenvalue weighted by atomic mass is 9.99. The van der Waals surface area contributed by atoms with Gasteiger partial charge in [-0.2, -0.15) is 0 Å². The van der Waals surface area contributed by atoms with Crippen molar-refractivity contribution in [3.8, 4) is 0 Å². The lowest BCUT2D eigenvalue weighted by Gasteiger charge is -2.30. The molecule has 21 heavy (non-hydrogen) atoms. The van der Waals surface area contributed by atoms with E-state index in [4.69, 9.17) is 0 Å². The van der Waals surface area contributed by atoms with Crippen LogP contribution < -0.4 is 5.32 Å². The van der Waals surface area contributed by atoms with Gasteiger partial charge in [-0.05, 0) is 43.5 Å². The van der Waals surface area contributed by atoms with Crippen LogP contribution >= 0.6 is 0 Å². The van der Waals surface area contributed by atoms with Crippen molar-refractivity contribution < 1.29 is 17.2 Å². The van der Waals surface area contributed by atoms with Crippen molar-refractivity contribution in [2.24, 2.45) is 0 Å². The lowest BCUT2D eigenvalue weighted by Crippen LogP contribution is -2.47. The molecule has 0 spiro atoms. The SMILES string of the molecule is CCNC(Cc1ccc(F)c(F)c1)C1CCCCS1(=O)=O. The van der Waals surface area contributed by atoms with Crippen LogP contribution in [0.1, 0.15) is 31.7 Å². The molecule has 1 aliphatic heterocycles. The van der Waals surface area contributed by atoms with E-state index in [2.05, 4.69) is 5.32 Å². The van der Waals surface area contributed by atoms with Gasteiger partial charge in [-0.15, -0.1) is 0 Å². The zero-order valence-electron chi connectivity index (χ0n) is 12.1. The molecule has 1 aliphatic rings. The number of nitrogens with one attached hydrogen (secondary N) is 1. The summed E-state index contributed by atoms with van der Waals surface area (Å²) < 4.78 is 50.7. The van der Waals surface area contributed by atoms with Crippen LogP contribution in [0.15, 0.2) is 18.2 Å². The second-order valence-corrected chi connectivity index (χ2v) is 7.86. The Balaban J connectivity index is 2.20. The van der Waals surface area contributed by atoms with Gasteiger partial charge in [0.1, 0.15) is 0 Å². The number of halogens is 2. The van der Waals surface area contributed by atoms with Gasteiger partial charge in [0.25, 0.3) is 0 Å².